The summed E-state index contributed by atoms with van der Waals surface area (Å²) in [5, 5.41) is 9.69. The van der Waals surface area contributed by atoms with Crippen LogP contribution in [0.4, 0.5) is 0 Å². The number of unbranched alkanes of at least 4 members (excludes halogenated alkanes) is 5. The summed E-state index contributed by atoms with van der Waals surface area (Å²) in [6.45, 7) is 20.7. The first-order chi connectivity index (χ1) is 18.4. The van der Waals surface area contributed by atoms with Crippen molar-refractivity contribution in [1.82, 2.24) is 0 Å². The molecular formula is C33H62O4Si2. The molecule has 0 radical (unpaired) electrons. The van der Waals surface area contributed by atoms with E-state index in [-0.39, 0.29) is 5.04 Å². The molecule has 0 amide bonds. The fourth-order valence-corrected chi connectivity index (χ4v) is 9.25. The Morgan fingerprint density at radius 1 is 1.08 bits per heavy atom. The Bertz CT molecular complexity index is 793. The average Bonchev–Trinajstić information content (AvgIpc) is 3.27. The molecule has 0 aromatic rings. The predicted molar refractivity (Wildman–Crippen MR) is 172 cm³/mol. The summed E-state index contributed by atoms with van der Waals surface area (Å²) in [6, 6.07) is 3.60. The molecule has 0 aliphatic heterocycles. The summed E-state index contributed by atoms with van der Waals surface area (Å²) in [7, 11) is -3.78. The van der Waals surface area contributed by atoms with Gasteiger partial charge < -0.3 is 14.0 Å². The maximum Gasteiger partial charge on any atom is 0.336 e. The van der Waals surface area contributed by atoms with Gasteiger partial charge in [-0.05, 0) is 92.4 Å². The van der Waals surface area contributed by atoms with E-state index >= 15 is 0 Å². The Hall–Kier alpha value is -0.916. The Morgan fingerprint density at radius 2 is 1.69 bits per heavy atom. The van der Waals surface area contributed by atoms with Crippen molar-refractivity contribution in [2.75, 3.05) is 6.61 Å². The SMILES string of the molecule is CCCCCCCCC1=CC[C@H](CO[Si](CC)(CC)CC)[C@H]1CCC=C=CC(O[Si](C)(C)C(C)(C)C)C(=O)O. The van der Waals surface area contributed by atoms with E-state index in [1.807, 2.05) is 6.08 Å². The van der Waals surface area contributed by atoms with Gasteiger partial charge in [0.05, 0.1) is 0 Å². The molecule has 0 heterocycles. The van der Waals surface area contributed by atoms with Gasteiger partial charge in [0.1, 0.15) is 0 Å². The maximum atomic E-state index is 11.9. The second kappa shape index (κ2) is 17.8. The zero-order valence-corrected chi connectivity index (χ0v) is 29.0. The molecule has 39 heavy (non-hydrogen) atoms. The van der Waals surface area contributed by atoms with Gasteiger partial charge in [0, 0.05) is 6.61 Å². The first kappa shape index (κ1) is 36.1. The molecule has 4 nitrogen and oxygen atoms in total. The summed E-state index contributed by atoms with van der Waals surface area (Å²) >= 11 is 0. The highest BCUT2D eigenvalue weighted by Crippen LogP contribution is 2.40. The van der Waals surface area contributed by atoms with E-state index in [1.165, 1.54) is 63.1 Å². The number of allylic oxidation sites excluding steroid dienone is 2. The lowest BCUT2D eigenvalue weighted by Crippen LogP contribution is -2.45. The van der Waals surface area contributed by atoms with Gasteiger partial charge in [-0.2, -0.15) is 0 Å². The standard InChI is InChI=1S/C33H62O4Si2/c1-10-14-15-16-17-19-22-28-25-26-29(27-36-39(11-2,12-3)13-4)30(28)23-20-18-21-24-31(32(34)35)37-38(8,9)33(5,6)7/h18,24-25,29-31H,10-17,19-20,22-23,26-27H2,1-9H3,(H,34,35)/t21?,29-,30+,31?/m1/s1. The van der Waals surface area contributed by atoms with Crippen LogP contribution in [0, 0.1) is 11.8 Å². The van der Waals surface area contributed by atoms with Crippen molar-refractivity contribution >= 4 is 22.6 Å². The number of carbonyl (C=O) groups is 1. The molecule has 0 saturated carbocycles. The summed E-state index contributed by atoms with van der Waals surface area (Å²) in [5.41, 5.74) is 4.81. The van der Waals surface area contributed by atoms with Gasteiger partial charge in [-0.1, -0.05) is 92.2 Å². The Balaban J connectivity index is 2.86. The van der Waals surface area contributed by atoms with Crippen LogP contribution in [0.25, 0.3) is 0 Å². The van der Waals surface area contributed by atoms with Crippen molar-refractivity contribution in [2.45, 2.75) is 155 Å². The minimum Gasteiger partial charge on any atom is -0.479 e. The molecule has 1 aliphatic rings. The minimum absolute atomic E-state index is 0.0374. The van der Waals surface area contributed by atoms with Crippen LogP contribution in [-0.4, -0.2) is 40.4 Å². The van der Waals surface area contributed by atoms with E-state index < -0.39 is 28.7 Å². The van der Waals surface area contributed by atoms with Crippen LogP contribution in [-0.2, 0) is 13.6 Å². The number of hydrogen-bond acceptors (Lipinski definition) is 3. The van der Waals surface area contributed by atoms with Crippen LogP contribution in [0.15, 0.2) is 29.5 Å². The highest BCUT2D eigenvalue weighted by Gasteiger charge is 2.40. The van der Waals surface area contributed by atoms with Crippen molar-refractivity contribution in [2.24, 2.45) is 11.8 Å². The lowest BCUT2D eigenvalue weighted by Gasteiger charge is -2.37. The molecule has 1 rings (SSSR count). The number of carboxylic acids is 1. The lowest BCUT2D eigenvalue weighted by molar-refractivity contribution is -0.143. The lowest BCUT2D eigenvalue weighted by atomic mass is 9.85. The zero-order valence-electron chi connectivity index (χ0n) is 27.0. The largest absolute Gasteiger partial charge is 0.479 e. The molecule has 0 spiro atoms. The molecule has 0 bridgehead atoms. The van der Waals surface area contributed by atoms with Crippen LogP contribution in [0.2, 0.25) is 36.3 Å². The van der Waals surface area contributed by atoms with Gasteiger partial charge in [0.25, 0.3) is 0 Å². The molecule has 3 atom stereocenters. The van der Waals surface area contributed by atoms with E-state index in [9.17, 15) is 9.90 Å². The van der Waals surface area contributed by atoms with Gasteiger partial charge in [0.2, 0.25) is 0 Å². The minimum atomic E-state index is -2.18. The first-order valence-corrected chi connectivity index (χ1v) is 21.4. The molecule has 0 saturated heterocycles. The van der Waals surface area contributed by atoms with Gasteiger partial charge >= 0.3 is 5.97 Å². The van der Waals surface area contributed by atoms with E-state index in [4.69, 9.17) is 8.85 Å². The van der Waals surface area contributed by atoms with Crippen LogP contribution in [0.1, 0.15) is 113 Å². The molecule has 0 aromatic heterocycles. The van der Waals surface area contributed by atoms with Crippen molar-refractivity contribution in [3.63, 3.8) is 0 Å². The van der Waals surface area contributed by atoms with E-state index in [1.54, 1.807) is 11.6 Å². The van der Waals surface area contributed by atoms with Crippen molar-refractivity contribution in [1.29, 1.82) is 0 Å². The molecule has 0 fully saturated rings. The van der Waals surface area contributed by atoms with Crippen LogP contribution in [0.5, 0.6) is 0 Å². The number of hydrogen-bond donors (Lipinski definition) is 1. The molecule has 1 unspecified atom stereocenters. The second-order valence-electron chi connectivity index (χ2n) is 13.2. The molecule has 6 heteroatoms. The first-order valence-electron chi connectivity index (χ1n) is 16.0. The van der Waals surface area contributed by atoms with E-state index in [2.05, 4.69) is 73.4 Å². The summed E-state index contributed by atoms with van der Waals surface area (Å²) < 4.78 is 12.9. The monoisotopic (exact) mass is 578 g/mol. The van der Waals surface area contributed by atoms with Gasteiger partial charge in [-0.15, -0.1) is 5.73 Å². The smallest absolute Gasteiger partial charge is 0.336 e. The molecule has 1 N–H and O–H groups in total. The highest BCUT2D eigenvalue weighted by atomic mass is 28.4. The summed E-state index contributed by atoms with van der Waals surface area (Å²) in [5.74, 6) is 0.200. The molecular weight excluding hydrogens is 517 g/mol. The zero-order chi connectivity index (χ0) is 29.5. The maximum absolute atomic E-state index is 11.9. The fourth-order valence-electron chi connectivity index (χ4n) is 5.41. The van der Waals surface area contributed by atoms with E-state index in [0.717, 1.165) is 25.9 Å². The van der Waals surface area contributed by atoms with Crippen LogP contribution in [0.3, 0.4) is 0 Å². The third kappa shape index (κ3) is 12.2. The number of rotatable bonds is 20. The fraction of sp³-hybridized carbons (Fsp3) is 0.818. The third-order valence-electron chi connectivity index (χ3n) is 9.54. The molecule has 0 aromatic carbocycles. The summed E-state index contributed by atoms with van der Waals surface area (Å²) in [4.78, 5) is 11.9. The Morgan fingerprint density at radius 3 is 2.26 bits per heavy atom. The van der Waals surface area contributed by atoms with Crippen LogP contribution < -0.4 is 0 Å². The molecule has 1 aliphatic carbocycles. The quantitative estimate of drug-likeness (QED) is 0.0675. The average molecular weight is 579 g/mol. The highest BCUT2D eigenvalue weighted by molar-refractivity contribution is 6.74. The topological polar surface area (TPSA) is 55.8 Å². The van der Waals surface area contributed by atoms with Crippen LogP contribution >= 0.6 is 0 Å². The number of aliphatic carboxylic acids is 1. The van der Waals surface area contributed by atoms with Crippen molar-refractivity contribution in [3.05, 3.63) is 29.5 Å². The normalized spacial score (nSPS) is 18.9. The van der Waals surface area contributed by atoms with Gasteiger partial charge in [-0.25, -0.2) is 4.79 Å². The Kier molecular flexibility index (Phi) is 16.5. The summed E-state index contributed by atoms with van der Waals surface area (Å²) in [6.07, 6.45) is 17.5. The van der Waals surface area contributed by atoms with Gasteiger partial charge in [-0.3, -0.25) is 0 Å². The van der Waals surface area contributed by atoms with Crippen molar-refractivity contribution < 1.29 is 18.8 Å². The van der Waals surface area contributed by atoms with Crippen molar-refractivity contribution in [3.8, 4) is 0 Å². The second-order valence-corrected chi connectivity index (χ2v) is 22.7. The molecule has 226 valence electrons. The predicted octanol–water partition coefficient (Wildman–Crippen LogP) is 10.3. The number of carboxylic acid groups (broad SMARTS) is 1. The van der Waals surface area contributed by atoms with Gasteiger partial charge in [0.15, 0.2) is 22.7 Å². The van der Waals surface area contributed by atoms with E-state index in [0.29, 0.717) is 11.8 Å². The Labute approximate surface area is 244 Å². The third-order valence-corrected chi connectivity index (χ3v) is 18.6.